The first-order chi connectivity index (χ1) is 3.41. The molecule has 0 heterocycles. The van der Waals surface area contributed by atoms with E-state index in [1.165, 1.54) is 0 Å². The summed E-state index contributed by atoms with van der Waals surface area (Å²) in [6.45, 7) is 3.13. The van der Waals surface area contributed by atoms with Gasteiger partial charge in [-0.25, -0.2) is 0 Å². The van der Waals surface area contributed by atoms with Gasteiger partial charge in [-0.15, -0.1) is 0 Å². The van der Waals surface area contributed by atoms with Crippen LogP contribution in [0.5, 0.6) is 0 Å². The molecule has 0 spiro atoms. The van der Waals surface area contributed by atoms with Gasteiger partial charge in [0.05, 0.1) is 0 Å². The molecule has 0 aromatic carbocycles. The Morgan fingerprint density at radius 1 is 1.00 bits per heavy atom. The van der Waals surface area contributed by atoms with Crippen LogP contribution in [0.15, 0.2) is 0 Å². The van der Waals surface area contributed by atoms with E-state index in [9.17, 15) is 0 Å². The second-order valence-electron chi connectivity index (χ2n) is 1.33. The van der Waals surface area contributed by atoms with E-state index in [2.05, 4.69) is 5.32 Å². The number of hydrogen-bond donors (Lipinski definition) is 3. The van der Waals surface area contributed by atoms with Crippen molar-refractivity contribution >= 4 is 0 Å². The fourth-order valence-corrected chi connectivity index (χ4v) is 0.329. The minimum atomic E-state index is 0. The van der Waals surface area contributed by atoms with Crippen LogP contribution in [0.25, 0.3) is 0 Å². The fourth-order valence-electron chi connectivity index (χ4n) is 0.329. The van der Waals surface area contributed by atoms with Crippen molar-refractivity contribution in [1.29, 1.82) is 0 Å². The standard InChI is InChI=1S/C4H13N3.Pt/c5-1-3-7-4-2-6;/h7H,1-6H2;. The van der Waals surface area contributed by atoms with E-state index in [4.69, 9.17) is 11.5 Å². The van der Waals surface area contributed by atoms with E-state index in [-0.39, 0.29) is 21.1 Å². The van der Waals surface area contributed by atoms with Gasteiger partial charge >= 0.3 is 0 Å². The van der Waals surface area contributed by atoms with Crippen molar-refractivity contribution in [3.63, 3.8) is 0 Å². The molecule has 5 N–H and O–H groups in total. The molecule has 0 rings (SSSR count). The van der Waals surface area contributed by atoms with Gasteiger partial charge in [0.15, 0.2) is 0 Å². The van der Waals surface area contributed by atoms with Crippen LogP contribution in [-0.4, -0.2) is 26.2 Å². The maximum absolute atomic E-state index is 5.17. The van der Waals surface area contributed by atoms with Gasteiger partial charge in [-0.3, -0.25) is 0 Å². The summed E-state index contributed by atoms with van der Waals surface area (Å²) < 4.78 is 0. The summed E-state index contributed by atoms with van der Waals surface area (Å²) in [7, 11) is 0. The van der Waals surface area contributed by atoms with Gasteiger partial charge in [-0.05, 0) is 0 Å². The van der Waals surface area contributed by atoms with Crippen molar-refractivity contribution in [3.8, 4) is 0 Å². The van der Waals surface area contributed by atoms with Crippen molar-refractivity contribution in [1.82, 2.24) is 5.32 Å². The van der Waals surface area contributed by atoms with E-state index in [0.717, 1.165) is 13.1 Å². The average Bonchev–Trinajstić information content (AvgIpc) is 1.69. The molecule has 0 aliphatic heterocycles. The molecule has 0 saturated heterocycles. The van der Waals surface area contributed by atoms with E-state index < -0.39 is 0 Å². The van der Waals surface area contributed by atoms with Crippen LogP contribution in [0, 0.1) is 0 Å². The zero-order valence-corrected chi connectivity index (χ0v) is 7.07. The normalized spacial score (nSPS) is 8.25. The van der Waals surface area contributed by atoms with Crippen LogP contribution in [0.1, 0.15) is 0 Å². The first-order valence-electron chi connectivity index (χ1n) is 2.52. The number of hydrogen-bond acceptors (Lipinski definition) is 3. The Morgan fingerprint density at radius 3 is 1.62 bits per heavy atom. The topological polar surface area (TPSA) is 64.1 Å². The van der Waals surface area contributed by atoms with Gasteiger partial charge in [-0.2, -0.15) is 0 Å². The Kier molecular flexibility index (Phi) is 15.0. The molecule has 0 aliphatic rings. The van der Waals surface area contributed by atoms with E-state index in [1.54, 1.807) is 0 Å². The van der Waals surface area contributed by atoms with Crippen LogP contribution in [0.2, 0.25) is 0 Å². The van der Waals surface area contributed by atoms with Crippen molar-refractivity contribution in [3.05, 3.63) is 0 Å². The fraction of sp³-hybridized carbons (Fsp3) is 1.00. The van der Waals surface area contributed by atoms with Crippen molar-refractivity contribution in [2.45, 2.75) is 0 Å². The molecule has 0 saturated carbocycles. The number of nitrogens with two attached hydrogens (primary N) is 2. The predicted molar refractivity (Wildman–Crippen MR) is 31.0 cm³/mol. The summed E-state index contributed by atoms with van der Waals surface area (Å²) in [5.41, 5.74) is 10.3. The molecular formula is C4H13N3Pt. The molecule has 0 atom stereocenters. The van der Waals surface area contributed by atoms with Crippen LogP contribution in [-0.2, 0) is 21.1 Å². The Morgan fingerprint density at radius 2 is 1.38 bits per heavy atom. The molecular weight excluding hydrogens is 285 g/mol. The van der Waals surface area contributed by atoms with Gasteiger partial charge in [0, 0.05) is 47.2 Å². The van der Waals surface area contributed by atoms with Gasteiger partial charge in [0.25, 0.3) is 0 Å². The molecule has 0 aromatic rings. The van der Waals surface area contributed by atoms with E-state index in [1.807, 2.05) is 0 Å². The van der Waals surface area contributed by atoms with Crippen molar-refractivity contribution in [2.24, 2.45) is 11.5 Å². The minimum Gasteiger partial charge on any atom is -0.329 e. The van der Waals surface area contributed by atoms with Crippen molar-refractivity contribution < 1.29 is 21.1 Å². The summed E-state index contributed by atoms with van der Waals surface area (Å²) in [6, 6.07) is 0. The maximum Gasteiger partial charge on any atom is 0.00750 e. The molecule has 0 bridgehead atoms. The molecule has 54 valence electrons. The third kappa shape index (κ3) is 9.76. The summed E-state index contributed by atoms with van der Waals surface area (Å²) in [5.74, 6) is 0. The van der Waals surface area contributed by atoms with Gasteiger partial charge in [0.2, 0.25) is 0 Å². The van der Waals surface area contributed by atoms with E-state index >= 15 is 0 Å². The minimum absolute atomic E-state index is 0. The second-order valence-corrected chi connectivity index (χ2v) is 1.33. The zero-order valence-electron chi connectivity index (χ0n) is 4.80. The predicted octanol–water partition coefficient (Wildman–Crippen LogP) is -1.51. The van der Waals surface area contributed by atoms with Crippen LogP contribution >= 0.6 is 0 Å². The summed E-state index contributed by atoms with van der Waals surface area (Å²) in [5, 5.41) is 3.03. The average molecular weight is 298 g/mol. The molecule has 4 heteroatoms. The number of nitrogens with one attached hydrogen (secondary N) is 1. The Hall–Kier alpha value is 0.568. The van der Waals surface area contributed by atoms with Crippen LogP contribution in [0.4, 0.5) is 0 Å². The third-order valence-corrected chi connectivity index (χ3v) is 0.642. The molecule has 0 aromatic heterocycles. The molecule has 0 amide bonds. The molecule has 3 nitrogen and oxygen atoms in total. The van der Waals surface area contributed by atoms with E-state index in [0.29, 0.717) is 13.1 Å². The monoisotopic (exact) mass is 298 g/mol. The Labute approximate surface area is 64.5 Å². The van der Waals surface area contributed by atoms with Crippen LogP contribution in [0.3, 0.4) is 0 Å². The van der Waals surface area contributed by atoms with Gasteiger partial charge < -0.3 is 16.8 Å². The summed E-state index contributed by atoms with van der Waals surface area (Å²) in [6.07, 6.45) is 0. The molecule has 0 unspecified atom stereocenters. The Balaban J connectivity index is 0. The number of rotatable bonds is 4. The van der Waals surface area contributed by atoms with Gasteiger partial charge in [-0.1, -0.05) is 0 Å². The zero-order chi connectivity index (χ0) is 5.54. The summed E-state index contributed by atoms with van der Waals surface area (Å²) >= 11 is 0. The quantitative estimate of drug-likeness (QED) is 0.553. The summed E-state index contributed by atoms with van der Waals surface area (Å²) in [4.78, 5) is 0. The molecule has 0 aliphatic carbocycles. The second kappa shape index (κ2) is 10.5. The SMILES string of the molecule is NCCNCCN.[Pt]. The van der Waals surface area contributed by atoms with Crippen molar-refractivity contribution in [2.75, 3.05) is 26.2 Å². The first kappa shape index (κ1) is 11.4. The smallest absolute Gasteiger partial charge is 0.00750 e. The van der Waals surface area contributed by atoms with Crippen LogP contribution < -0.4 is 16.8 Å². The molecule has 0 fully saturated rings. The maximum atomic E-state index is 5.17. The molecule has 8 heavy (non-hydrogen) atoms. The molecule has 0 radical (unpaired) electrons. The Bertz CT molecular complexity index is 30.5. The largest absolute Gasteiger partial charge is 0.329 e. The third-order valence-electron chi connectivity index (χ3n) is 0.642. The van der Waals surface area contributed by atoms with Gasteiger partial charge in [0.1, 0.15) is 0 Å². The first-order valence-corrected chi connectivity index (χ1v) is 2.52.